The standard InChI is InChI=1S/C15H24N2O3S/c1-2-16-9-3-4-14-5-7-15(8-6-14)21(18,19)17-10-12-20-13-11-17/h5-8,16H,2-4,9-13H2,1H3. The number of hydrogen-bond acceptors (Lipinski definition) is 4. The normalized spacial score (nSPS) is 17.0. The quantitative estimate of drug-likeness (QED) is 0.770. The number of hydrogen-bond donors (Lipinski definition) is 1. The molecule has 0 radical (unpaired) electrons. The van der Waals surface area contributed by atoms with Gasteiger partial charge in [0.05, 0.1) is 18.1 Å². The second kappa shape index (κ2) is 7.89. The van der Waals surface area contributed by atoms with E-state index in [2.05, 4.69) is 12.2 Å². The minimum absolute atomic E-state index is 0.375. The van der Waals surface area contributed by atoms with Crippen LogP contribution in [-0.2, 0) is 21.2 Å². The van der Waals surface area contributed by atoms with Crippen LogP contribution in [0, 0.1) is 0 Å². The lowest BCUT2D eigenvalue weighted by Gasteiger charge is -2.26. The summed E-state index contributed by atoms with van der Waals surface area (Å²) in [5.41, 5.74) is 1.17. The zero-order valence-corrected chi connectivity index (χ0v) is 13.4. The Balaban J connectivity index is 1.97. The second-order valence-electron chi connectivity index (χ2n) is 5.12. The molecule has 5 nitrogen and oxygen atoms in total. The number of morpholine rings is 1. The van der Waals surface area contributed by atoms with Crippen molar-refractivity contribution in [3.05, 3.63) is 29.8 Å². The minimum Gasteiger partial charge on any atom is -0.379 e. The molecule has 0 amide bonds. The van der Waals surface area contributed by atoms with Crippen LogP contribution < -0.4 is 5.32 Å². The van der Waals surface area contributed by atoms with Gasteiger partial charge >= 0.3 is 0 Å². The zero-order valence-electron chi connectivity index (χ0n) is 12.5. The Morgan fingerprint density at radius 1 is 1.19 bits per heavy atom. The summed E-state index contributed by atoms with van der Waals surface area (Å²) in [6, 6.07) is 7.26. The average Bonchev–Trinajstić information content (AvgIpc) is 2.53. The fourth-order valence-corrected chi connectivity index (χ4v) is 3.77. The topological polar surface area (TPSA) is 58.6 Å². The van der Waals surface area contributed by atoms with E-state index in [1.807, 2.05) is 12.1 Å². The zero-order chi connectivity index (χ0) is 15.1. The first-order valence-corrected chi connectivity index (χ1v) is 8.96. The molecule has 1 saturated heterocycles. The molecule has 6 heteroatoms. The van der Waals surface area contributed by atoms with Crippen molar-refractivity contribution in [1.29, 1.82) is 0 Å². The number of benzene rings is 1. The van der Waals surface area contributed by atoms with Crippen LogP contribution in [0.2, 0.25) is 0 Å². The molecule has 1 aliphatic rings. The van der Waals surface area contributed by atoms with Gasteiger partial charge in [0.1, 0.15) is 0 Å². The fourth-order valence-electron chi connectivity index (χ4n) is 2.36. The minimum atomic E-state index is -3.37. The van der Waals surface area contributed by atoms with Gasteiger partial charge in [-0.3, -0.25) is 0 Å². The molecule has 1 fully saturated rings. The lowest BCUT2D eigenvalue weighted by molar-refractivity contribution is 0.0730. The summed E-state index contributed by atoms with van der Waals surface area (Å²) in [7, 11) is -3.37. The molecule has 21 heavy (non-hydrogen) atoms. The van der Waals surface area contributed by atoms with Crippen molar-refractivity contribution in [3.8, 4) is 0 Å². The van der Waals surface area contributed by atoms with Crippen LogP contribution in [0.5, 0.6) is 0 Å². The largest absolute Gasteiger partial charge is 0.379 e. The van der Waals surface area contributed by atoms with E-state index in [1.165, 1.54) is 9.87 Å². The van der Waals surface area contributed by atoms with E-state index in [9.17, 15) is 8.42 Å². The Bertz CT molecular complexity index is 522. The highest BCUT2D eigenvalue weighted by molar-refractivity contribution is 7.89. The van der Waals surface area contributed by atoms with Gasteiger partial charge in [-0.25, -0.2) is 8.42 Å². The van der Waals surface area contributed by atoms with Crippen molar-refractivity contribution >= 4 is 10.0 Å². The number of aryl methyl sites for hydroxylation is 1. The van der Waals surface area contributed by atoms with Crippen molar-refractivity contribution < 1.29 is 13.2 Å². The van der Waals surface area contributed by atoms with E-state index in [4.69, 9.17) is 4.74 Å². The van der Waals surface area contributed by atoms with Gasteiger partial charge in [-0.15, -0.1) is 0 Å². The highest BCUT2D eigenvalue weighted by atomic mass is 32.2. The first kappa shape index (κ1) is 16.4. The molecule has 0 atom stereocenters. The lowest BCUT2D eigenvalue weighted by Crippen LogP contribution is -2.40. The average molecular weight is 312 g/mol. The van der Waals surface area contributed by atoms with E-state index in [-0.39, 0.29) is 0 Å². The number of nitrogens with zero attached hydrogens (tertiary/aromatic N) is 1. The van der Waals surface area contributed by atoms with E-state index >= 15 is 0 Å². The third kappa shape index (κ3) is 4.51. The van der Waals surface area contributed by atoms with Gasteiger partial charge in [0.2, 0.25) is 10.0 Å². The number of sulfonamides is 1. The molecule has 1 heterocycles. The van der Waals surface area contributed by atoms with Crippen molar-refractivity contribution in [2.75, 3.05) is 39.4 Å². The number of nitrogens with one attached hydrogen (secondary N) is 1. The van der Waals surface area contributed by atoms with Gasteiger partial charge in [-0.05, 0) is 43.6 Å². The van der Waals surface area contributed by atoms with Crippen molar-refractivity contribution in [3.63, 3.8) is 0 Å². The molecule has 118 valence electrons. The molecule has 0 aromatic heterocycles. The molecule has 0 unspecified atom stereocenters. The maximum Gasteiger partial charge on any atom is 0.243 e. The summed E-state index contributed by atoms with van der Waals surface area (Å²) < 4.78 is 31.6. The van der Waals surface area contributed by atoms with Gasteiger partial charge in [0, 0.05) is 13.1 Å². The highest BCUT2D eigenvalue weighted by Gasteiger charge is 2.25. The van der Waals surface area contributed by atoms with E-state index < -0.39 is 10.0 Å². The maximum absolute atomic E-state index is 12.5. The summed E-state index contributed by atoms with van der Waals surface area (Å²) in [5.74, 6) is 0. The fraction of sp³-hybridized carbons (Fsp3) is 0.600. The van der Waals surface area contributed by atoms with Crippen LogP contribution >= 0.6 is 0 Å². The third-order valence-corrected chi connectivity index (χ3v) is 5.51. The maximum atomic E-state index is 12.5. The molecular weight excluding hydrogens is 288 g/mol. The molecule has 0 aliphatic carbocycles. The molecule has 0 spiro atoms. The Morgan fingerprint density at radius 3 is 2.48 bits per heavy atom. The summed E-state index contributed by atoms with van der Waals surface area (Å²) in [5, 5.41) is 3.28. The van der Waals surface area contributed by atoms with Crippen molar-refractivity contribution in [2.45, 2.75) is 24.7 Å². The third-order valence-electron chi connectivity index (χ3n) is 3.60. The van der Waals surface area contributed by atoms with Gasteiger partial charge in [0.15, 0.2) is 0 Å². The summed E-state index contributed by atoms with van der Waals surface area (Å²) >= 11 is 0. The smallest absolute Gasteiger partial charge is 0.243 e. The Kier molecular flexibility index (Phi) is 6.17. The lowest BCUT2D eigenvalue weighted by atomic mass is 10.1. The van der Waals surface area contributed by atoms with Crippen LogP contribution in [0.3, 0.4) is 0 Å². The SMILES string of the molecule is CCNCCCc1ccc(S(=O)(=O)N2CCOCC2)cc1. The highest BCUT2D eigenvalue weighted by Crippen LogP contribution is 2.18. The number of rotatable bonds is 7. The summed E-state index contributed by atoms with van der Waals surface area (Å²) in [6.45, 7) is 5.88. The van der Waals surface area contributed by atoms with Gasteiger partial charge in [-0.2, -0.15) is 4.31 Å². The first-order valence-electron chi connectivity index (χ1n) is 7.52. The van der Waals surface area contributed by atoms with Gasteiger partial charge < -0.3 is 10.1 Å². The summed E-state index contributed by atoms with van der Waals surface area (Å²) in [6.07, 6.45) is 2.02. The van der Waals surface area contributed by atoms with Crippen molar-refractivity contribution in [2.24, 2.45) is 0 Å². The summed E-state index contributed by atoms with van der Waals surface area (Å²) in [4.78, 5) is 0.375. The Labute approximate surface area is 127 Å². The van der Waals surface area contributed by atoms with E-state index in [0.717, 1.165) is 25.9 Å². The predicted molar refractivity (Wildman–Crippen MR) is 82.9 cm³/mol. The van der Waals surface area contributed by atoms with Crippen LogP contribution in [0.25, 0.3) is 0 Å². The van der Waals surface area contributed by atoms with E-state index in [0.29, 0.717) is 31.2 Å². The molecular formula is C15H24N2O3S. The van der Waals surface area contributed by atoms with Gasteiger partial charge in [0.25, 0.3) is 0 Å². The monoisotopic (exact) mass is 312 g/mol. The molecule has 1 N–H and O–H groups in total. The molecule has 1 aromatic rings. The van der Waals surface area contributed by atoms with Crippen LogP contribution in [0.1, 0.15) is 18.9 Å². The molecule has 2 rings (SSSR count). The molecule has 1 aromatic carbocycles. The predicted octanol–water partition coefficient (Wildman–Crippen LogP) is 1.25. The Hall–Kier alpha value is -0.950. The van der Waals surface area contributed by atoms with Crippen molar-refractivity contribution in [1.82, 2.24) is 9.62 Å². The number of ether oxygens (including phenoxy) is 1. The first-order chi connectivity index (χ1) is 10.1. The van der Waals surface area contributed by atoms with Crippen LogP contribution in [0.15, 0.2) is 29.2 Å². The van der Waals surface area contributed by atoms with Crippen LogP contribution in [-0.4, -0.2) is 52.1 Å². The Morgan fingerprint density at radius 2 is 1.86 bits per heavy atom. The molecule has 1 aliphatic heterocycles. The van der Waals surface area contributed by atoms with E-state index in [1.54, 1.807) is 12.1 Å². The van der Waals surface area contributed by atoms with Crippen LogP contribution in [0.4, 0.5) is 0 Å². The molecule has 0 bridgehead atoms. The second-order valence-corrected chi connectivity index (χ2v) is 7.06. The molecule has 0 saturated carbocycles. The van der Waals surface area contributed by atoms with Gasteiger partial charge in [-0.1, -0.05) is 19.1 Å².